The average molecular weight is 950 g/mol. The van der Waals surface area contributed by atoms with Crippen LogP contribution in [0.5, 0.6) is 0 Å². The maximum Gasteiger partial charge on any atom is 0.472 e. The molecule has 0 aliphatic heterocycles. The van der Waals surface area contributed by atoms with Crippen LogP contribution in [0.4, 0.5) is 0 Å². The largest absolute Gasteiger partial charge is 0.472 e. The number of ether oxygens (including phenoxy) is 1. The normalized spacial score (nSPS) is 14.2. The summed E-state index contributed by atoms with van der Waals surface area (Å²) in [6.07, 6.45) is 55.3. The Morgan fingerprint density at radius 1 is 0.545 bits per heavy atom. The van der Waals surface area contributed by atoms with Gasteiger partial charge in [-0.1, -0.05) is 217 Å². The second-order valence-corrected chi connectivity index (χ2v) is 21.2. The third-order valence-corrected chi connectivity index (χ3v) is 13.0. The topological polar surface area (TPSA) is 111 Å². The number of nitrogens with one attached hydrogen (secondary N) is 1. The Labute approximate surface area is 408 Å². The zero-order chi connectivity index (χ0) is 48.7. The molecule has 2 N–H and O–H groups in total. The van der Waals surface area contributed by atoms with Gasteiger partial charge in [0.2, 0.25) is 5.91 Å². The average Bonchev–Trinajstić information content (AvgIpc) is 3.27. The van der Waals surface area contributed by atoms with E-state index in [-0.39, 0.29) is 31.5 Å². The van der Waals surface area contributed by atoms with Crippen LogP contribution in [-0.2, 0) is 27.9 Å². The van der Waals surface area contributed by atoms with Crippen LogP contribution < -0.4 is 5.32 Å². The van der Waals surface area contributed by atoms with Crippen LogP contribution in [0, 0.1) is 0 Å². The molecule has 1 amide bonds. The summed E-state index contributed by atoms with van der Waals surface area (Å²) in [6, 6.07) is -0.853. The molecule has 0 bridgehead atoms. The van der Waals surface area contributed by atoms with E-state index in [1.807, 2.05) is 33.3 Å². The molecular formula is C56H106N2O7P+. The Morgan fingerprint density at radius 2 is 0.970 bits per heavy atom. The maximum atomic E-state index is 13.5. The van der Waals surface area contributed by atoms with Crippen molar-refractivity contribution >= 4 is 19.7 Å². The molecular weight excluding hydrogens is 844 g/mol. The summed E-state index contributed by atoms with van der Waals surface area (Å²) >= 11 is 0. The molecule has 0 heterocycles. The van der Waals surface area contributed by atoms with Gasteiger partial charge in [-0.05, 0) is 63.9 Å². The number of unbranched alkanes of at least 4 members (excludes halogenated alkanes) is 27. The first kappa shape index (κ1) is 64.0. The number of carbonyl (C=O) groups excluding carboxylic acids is 2. The number of carbonyl (C=O) groups is 2. The van der Waals surface area contributed by atoms with Crippen molar-refractivity contribution in [1.29, 1.82) is 0 Å². The molecule has 66 heavy (non-hydrogen) atoms. The van der Waals surface area contributed by atoms with Crippen molar-refractivity contribution in [3.8, 4) is 0 Å². The molecule has 0 saturated carbocycles. The van der Waals surface area contributed by atoms with Gasteiger partial charge in [-0.2, -0.15) is 0 Å². The zero-order valence-electron chi connectivity index (χ0n) is 43.9. The second-order valence-electron chi connectivity index (χ2n) is 19.7. The molecule has 0 rings (SSSR count). The smallest absolute Gasteiger partial charge is 0.456 e. The van der Waals surface area contributed by atoms with E-state index in [1.54, 1.807) is 0 Å². The summed E-state index contributed by atoms with van der Waals surface area (Å²) in [4.78, 5) is 37.5. The third kappa shape index (κ3) is 47.1. The fourth-order valence-electron chi connectivity index (χ4n) is 7.78. The van der Waals surface area contributed by atoms with E-state index in [0.717, 1.165) is 83.5 Å². The summed E-state index contributed by atoms with van der Waals surface area (Å²) in [6.45, 7) is 6.88. The number of rotatable bonds is 49. The molecule has 0 aromatic rings. The summed E-state index contributed by atoms with van der Waals surface area (Å²) in [5.74, 6) is -0.527. The molecule has 0 fully saturated rings. The fraction of sp³-hybridized carbons (Fsp3) is 0.821. The lowest BCUT2D eigenvalue weighted by Gasteiger charge is -2.27. The molecule has 0 aromatic heterocycles. The minimum absolute atomic E-state index is 0.0371. The number of phosphoric ester groups is 1. The van der Waals surface area contributed by atoms with Gasteiger partial charge in [0.05, 0.1) is 33.8 Å². The van der Waals surface area contributed by atoms with Gasteiger partial charge in [0.15, 0.2) is 0 Å². The van der Waals surface area contributed by atoms with E-state index in [2.05, 4.69) is 62.5 Å². The minimum atomic E-state index is -4.44. The molecule has 3 atom stereocenters. The number of esters is 1. The Kier molecular flexibility index (Phi) is 45.3. The number of hydrogen-bond donors (Lipinski definition) is 2. The van der Waals surface area contributed by atoms with Crippen LogP contribution >= 0.6 is 7.82 Å². The summed E-state index contributed by atoms with van der Waals surface area (Å²) in [7, 11) is 1.48. The summed E-state index contributed by atoms with van der Waals surface area (Å²) in [5, 5.41) is 3.04. The lowest BCUT2D eigenvalue weighted by molar-refractivity contribution is -0.870. The van der Waals surface area contributed by atoms with Gasteiger partial charge in [0.1, 0.15) is 19.3 Å². The number of likely N-dealkylation sites (N-methyl/N-ethyl adjacent to an activating group) is 1. The number of nitrogens with zero attached hydrogens (tertiary/aromatic N) is 1. The second kappa shape index (κ2) is 46.7. The zero-order valence-corrected chi connectivity index (χ0v) is 44.8. The summed E-state index contributed by atoms with van der Waals surface area (Å²) in [5.41, 5.74) is 0. The van der Waals surface area contributed by atoms with Gasteiger partial charge < -0.3 is 19.4 Å². The van der Waals surface area contributed by atoms with Crippen molar-refractivity contribution in [3.05, 3.63) is 48.6 Å². The van der Waals surface area contributed by atoms with Gasteiger partial charge in [-0.25, -0.2) is 4.57 Å². The van der Waals surface area contributed by atoms with Crippen molar-refractivity contribution in [2.24, 2.45) is 0 Å². The molecule has 9 nitrogen and oxygen atoms in total. The van der Waals surface area contributed by atoms with Crippen LogP contribution in [0.25, 0.3) is 0 Å². The Balaban J connectivity index is 5.42. The third-order valence-electron chi connectivity index (χ3n) is 12.0. The van der Waals surface area contributed by atoms with Crippen LogP contribution in [0.3, 0.4) is 0 Å². The predicted molar refractivity (Wildman–Crippen MR) is 282 cm³/mol. The Hall–Kier alpha value is -2.03. The van der Waals surface area contributed by atoms with E-state index in [9.17, 15) is 19.0 Å². The lowest BCUT2D eigenvalue weighted by atomic mass is 10.0. The van der Waals surface area contributed by atoms with Crippen LogP contribution in [-0.4, -0.2) is 74.3 Å². The highest BCUT2D eigenvalue weighted by Crippen LogP contribution is 2.43. The molecule has 10 heteroatoms. The predicted octanol–water partition coefficient (Wildman–Crippen LogP) is 16.2. The first-order valence-electron chi connectivity index (χ1n) is 27.5. The molecule has 0 aromatic carbocycles. The van der Waals surface area contributed by atoms with E-state index in [1.165, 1.54) is 122 Å². The van der Waals surface area contributed by atoms with E-state index in [0.29, 0.717) is 23.9 Å². The Bertz CT molecular complexity index is 1280. The van der Waals surface area contributed by atoms with Crippen molar-refractivity contribution in [1.82, 2.24) is 5.32 Å². The molecule has 386 valence electrons. The quantitative estimate of drug-likeness (QED) is 0.0205. The van der Waals surface area contributed by atoms with Crippen LogP contribution in [0.1, 0.15) is 245 Å². The summed E-state index contributed by atoms with van der Waals surface area (Å²) < 4.78 is 30.5. The van der Waals surface area contributed by atoms with E-state index < -0.39 is 20.0 Å². The molecule has 0 aliphatic rings. The van der Waals surface area contributed by atoms with Crippen molar-refractivity contribution in [2.75, 3.05) is 40.9 Å². The first-order valence-corrected chi connectivity index (χ1v) is 29.0. The van der Waals surface area contributed by atoms with Crippen molar-refractivity contribution in [3.63, 3.8) is 0 Å². The van der Waals surface area contributed by atoms with Gasteiger partial charge in [-0.3, -0.25) is 18.6 Å². The highest BCUT2D eigenvalue weighted by Gasteiger charge is 2.30. The maximum absolute atomic E-state index is 13.5. The monoisotopic (exact) mass is 950 g/mol. The van der Waals surface area contributed by atoms with E-state index in [4.69, 9.17) is 13.8 Å². The highest BCUT2D eigenvalue weighted by molar-refractivity contribution is 7.47. The van der Waals surface area contributed by atoms with Crippen molar-refractivity contribution in [2.45, 2.75) is 258 Å². The van der Waals surface area contributed by atoms with Gasteiger partial charge in [0, 0.05) is 12.8 Å². The van der Waals surface area contributed by atoms with Gasteiger partial charge in [-0.15, -0.1) is 0 Å². The fourth-order valence-corrected chi connectivity index (χ4v) is 8.51. The molecule has 3 unspecified atom stereocenters. The number of phosphoric acid groups is 1. The number of amides is 1. The van der Waals surface area contributed by atoms with Crippen molar-refractivity contribution < 1.29 is 37.3 Å². The highest BCUT2D eigenvalue weighted by atomic mass is 31.2. The molecule has 0 spiro atoms. The number of hydrogen-bond acceptors (Lipinski definition) is 6. The number of allylic oxidation sites excluding steroid dienone is 7. The first-order chi connectivity index (χ1) is 31.9. The SMILES string of the molecule is CC/C=C/C/C=C/C/C=C/CCCCCCC(=O)OC(/C=C/CCCCCCCCCCCC)C(COP(=O)(O)OCC[N+](C)(C)C)NC(=O)CCCCCCCCCCCCCCCC. The lowest BCUT2D eigenvalue weighted by Crippen LogP contribution is -2.47. The number of quaternary nitrogens is 1. The van der Waals surface area contributed by atoms with Gasteiger partial charge in [0.25, 0.3) is 0 Å². The van der Waals surface area contributed by atoms with E-state index >= 15 is 0 Å². The molecule has 0 radical (unpaired) electrons. The standard InChI is InChI=1S/C56H105N2O7P/c1-7-10-13-16-19-22-25-28-30-33-36-39-42-45-48-55(59)57-53(52-64-66(61,62)63-51-50-58(4,5)6)54(47-44-41-38-35-32-27-24-21-18-15-12-9-3)65-56(60)49-46-43-40-37-34-31-29-26-23-20-17-14-11-8-2/h11,14,20,23,29,31,44,47,53-54H,7-10,12-13,15-19,21-22,24-28,30,32-43,45-46,48-52H2,1-6H3,(H-,57,59,61,62)/p+1/b14-11+,23-20+,31-29+,47-44+. The van der Waals surface area contributed by atoms with Crippen LogP contribution in [0.2, 0.25) is 0 Å². The molecule has 0 saturated heterocycles. The van der Waals surface area contributed by atoms with Crippen LogP contribution in [0.15, 0.2) is 48.6 Å². The van der Waals surface area contributed by atoms with Gasteiger partial charge >= 0.3 is 13.8 Å². The molecule has 0 aliphatic carbocycles. The Morgan fingerprint density at radius 3 is 1.45 bits per heavy atom. The minimum Gasteiger partial charge on any atom is -0.456 e.